The van der Waals surface area contributed by atoms with Crippen LogP contribution in [0.1, 0.15) is 72.6 Å². The SMILES string of the molecule is [2H]C([2H])(c1cc(-c2[c-]cccc2)nc[c]1[Ge]([CH3])([CH3])[CH3])C(C)C.[2H]c1c([2H])c(-c2ccc3c(c2)oc2c(-c4cc(C5([2H])CCCCC5)ccn4)[c-]ccc23)c([2H])c([2H])c1F.[Ir]. The van der Waals surface area contributed by atoms with Gasteiger partial charge in [0.05, 0.1) is 11.1 Å². The summed E-state index contributed by atoms with van der Waals surface area (Å²) in [4.78, 5) is 9.17. The molecule has 1 aliphatic carbocycles. The number of halogens is 1. The zero-order valence-corrected chi connectivity index (χ0v) is 35.2. The van der Waals surface area contributed by atoms with Crippen LogP contribution in [0.5, 0.6) is 0 Å². The molecule has 0 atom stereocenters. The van der Waals surface area contributed by atoms with E-state index >= 15 is 0 Å². The summed E-state index contributed by atoms with van der Waals surface area (Å²) in [7, 11) is 0. The summed E-state index contributed by atoms with van der Waals surface area (Å²) < 4.78 is 79.7. The second-order valence-corrected chi connectivity index (χ2v) is 25.2. The van der Waals surface area contributed by atoms with Crippen molar-refractivity contribution in [3.05, 3.63) is 138 Å². The van der Waals surface area contributed by atoms with Crippen LogP contribution in [0.15, 0.2) is 114 Å². The predicted molar refractivity (Wildman–Crippen MR) is 217 cm³/mol. The second-order valence-electron chi connectivity index (χ2n) is 14.6. The molecular weight excluding hydrogens is 892 g/mol. The van der Waals surface area contributed by atoms with Gasteiger partial charge in [-0.25, -0.2) is 4.39 Å². The number of aromatic nitrogens is 2. The Bertz CT molecular complexity index is 2650. The van der Waals surface area contributed by atoms with Gasteiger partial charge >= 0.3 is 128 Å². The minimum Gasteiger partial charge on any atom is -0.501 e. The summed E-state index contributed by atoms with van der Waals surface area (Å²) in [6.45, 7) is 3.88. The first-order valence-corrected chi connectivity index (χ1v) is 25.3. The van der Waals surface area contributed by atoms with E-state index in [4.69, 9.17) is 14.0 Å². The van der Waals surface area contributed by atoms with Gasteiger partial charge in [-0.2, -0.15) is 0 Å². The molecule has 1 fully saturated rings. The number of nitrogens with zero attached hydrogens (tertiary/aromatic N) is 2. The van der Waals surface area contributed by atoms with E-state index in [-0.39, 0.29) is 31.6 Å². The third-order valence-electron chi connectivity index (χ3n) is 9.34. The van der Waals surface area contributed by atoms with Gasteiger partial charge in [-0.15, -0.1) is 18.2 Å². The molecule has 0 N–H and O–H groups in total. The van der Waals surface area contributed by atoms with Crippen molar-refractivity contribution in [2.24, 2.45) is 5.92 Å². The molecule has 6 heteroatoms. The van der Waals surface area contributed by atoms with Gasteiger partial charge in [0.25, 0.3) is 0 Å². The Balaban J connectivity index is 0.000000226. The number of benzene rings is 4. The fraction of sp³-hybridized carbons (Fsp3) is 0.277. The molecule has 7 aromatic rings. The van der Waals surface area contributed by atoms with Crippen molar-refractivity contribution in [1.29, 1.82) is 0 Å². The Kier molecular flexibility index (Phi) is 9.79. The fourth-order valence-electron chi connectivity index (χ4n) is 6.77. The maximum atomic E-state index is 14.1. The zero-order valence-electron chi connectivity index (χ0n) is 37.7. The monoisotopic (exact) mass is 948 g/mol. The van der Waals surface area contributed by atoms with Gasteiger partial charge in [-0.3, -0.25) is 0 Å². The van der Waals surface area contributed by atoms with E-state index in [1.165, 1.54) is 6.42 Å². The summed E-state index contributed by atoms with van der Waals surface area (Å²) in [6.07, 6.45) is 7.22. The van der Waals surface area contributed by atoms with Gasteiger partial charge in [-0.05, 0) is 59.8 Å². The number of fused-ring (bicyclic) bond motifs is 3. The van der Waals surface area contributed by atoms with E-state index < -0.39 is 55.5 Å². The molecule has 3 nitrogen and oxygen atoms in total. The van der Waals surface area contributed by atoms with Gasteiger partial charge in [0.15, 0.2) is 0 Å². The van der Waals surface area contributed by atoms with Gasteiger partial charge in [-0.1, -0.05) is 66.1 Å². The molecule has 0 unspecified atom stereocenters. The topological polar surface area (TPSA) is 38.9 Å². The first-order valence-electron chi connectivity index (χ1n) is 21.5. The summed E-state index contributed by atoms with van der Waals surface area (Å²) >= 11 is -2.20. The van der Waals surface area contributed by atoms with Crippen LogP contribution in [-0.4, -0.2) is 23.2 Å². The van der Waals surface area contributed by atoms with Crippen LogP contribution in [-0.2, 0) is 26.5 Å². The Hall–Kier alpha value is -3.90. The summed E-state index contributed by atoms with van der Waals surface area (Å²) in [6, 6.07) is 26.6. The van der Waals surface area contributed by atoms with Gasteiger partial charge < -0.3 is 9.40 Å². The van der Waals surface area contributed by atoms with Crippen LogP contribution in [0.4, 0.5) is 4.39 Å². The number of furan rings is 1. The van der Waals surface area contributed by atoms with Crippen LogP contribution >= 0.6 is 0 Å². The standard InChI is InChI=1S/C29H23FNO.C18H24GeN.Ir/c30-23-12-9-20(10-13-23)21-11-14-24-25-7-4-8-26(29(25)32-28(24)18-21)27-17-22(15-16-31-27)19-5-2-1-3-6-19;1-14(2)11-16-12-18(15-9-7-6-8-10-15)20-13-17(16)19(3,4)5;/h4,7,9-19H,1-3,5-6H2;6-9,12-14H,11H2,1-5H3;/q2*-1;/i9D,10D,12D,13D,19D;11D2;. The van der Waals surface area contributed by atoms with Crippen molar-refractivity contribution in [2.75, 3.05) is 0 Å². The van der Waals surface area contributed by atoms with Crippen LogP contribution in [0.25, 0.3) is 55.6 Å². The van der Waals surface area contributed by atoms with Crippen LogP contribution in [0, 0.1) is 23.9 Å². The number of pyridine rings is 2. The molecule has 273 valence electrons. The maximum absolute atomic E-state index is 14.1. The molecule has 0 saturated heterocycles. The zero-order chi connectivity index (χ0) is 42.4. The average Bonchev–Trinajstić information content (AvgIpc) is 3.61. The number of rotatable bonds is 7. The third-order valence-corrected chi connectivity index (χ3v) is 13.6. The van der Waals surface area contributed by atoms with Crippen molar-refractivity contribution in [1.82, 2.24) is 9.97 Å². The Labute approximate surface area is 340 Å². The molecule has 3 heterocycles. The molecule has 0 spiro atoms. The molecule has 1 saturated carbocycles. The molecule has 1 radical (unpaired) electrons. The summed E-state index contributed by atoms with van der Waals surface area (Å²) in [5, 5.41) is 1.66. The molecule has 0 bridgehead atoms. The number of hydrogen-bond acceptors (Lipinski definition) is 3. The van der Waals surface area contributed by atoms with E-state index in [2.05, 4.69) is 39.4 Å². The van der Waals surface area contributed by atoms with Crippen molar-refractivity contribution < 1.29 is 38.5 Å². The molecular formula is C47H47FGeIrN2O-2. The van der Waals surface area contributed by atoms with E-state index in [0.717, 1.165) is 63.2 Å². The van der Waals surface area contributed by atoms with Crippen molar-refractivity contribution >= 4 is 39.6 Å². The normalized spacial score (nSPS) is 16.2. The van der Waals surface area contributed by atoms with Crippen molar-refractivity contribution in [3.63, 3.8) is 0 Å². The molecule has 0 amide bonds. The third kappa shape index (κ3) is 9.08. The summed E-state index contributed by atoms with van der Waals surface area (Å²) in [5.41, 5.74) is 6.34. The van der Waals surface area contributed by atoms with Gasteiger partial charge in [0.2, 0.25) is 0 Å². The summed E-state index contributed by atoms with van der Waals surface area (Å²) in [5.74, 6) is 4.99. The minimum absolute atomic E-state index is 0. The average molecular weight is 947 g/mol. The number of hydrogen-bond donors (Lipinski definition) is 0. The molecule has 53 heavy (non-hydrogen) atoms. The maximum Gasteiger partial charge on any atom is 0.123 e. The Morgan fingerprint density at radius 3 is 2.40 bits per heavy atom. The smallest absolute Gasteiger partial charge is 0.123 e. The van der Waals surface area contributed by atoms with E-state index in [9.17, 15) is 4.39 Å². The van der Waals surface area contributed by atoms with Gasteiger partial charge in [0.1, 0.15) is 11.4 Å². The van der Waals surface area contributed by atoms with Crippen LogP contribution in [0.2, 0.25) is 17.3 Å². The minimum atomic E-state index is -2.20. The Morgan fingerprint density at radius 1 is 0.887 bits per heavy atom. The van der Waals surface area contributed by atoms with Gasteiger partial charge in [0, 0.05) is 33.1 Å². The fourth-order valence-corrected chi connectivity index (χ4v) is 9.71. The Morgan fingerprint density at radius 2 is 1.68 bits per heavy atom. The van der Waals surface area contributed by atoms with E-state index in [0.29, 0.717) is 28.0 Å². The van der Waals surface area contributed by atoms with E-state index in [1.54, 1.807) is 24.4 Å². The van der Waals surface area contributed by atoms with E-state index in [1.807, 2.05) is 74.6 Å². The molecule has 0 aliphatic heterocycles. The van der Waals surface area contributed by atoms with Crippen molar-refractivity contribution in [3.8, 4) is 33.6 Å². The molecule has 4 aromatic carbocycles. The predicted octanol–water partition coefficient (Wildman–Crippen LogP) is 12.6. The van der Waals surface area contributed by atoms with Crippen molar-refractivity contribution in [2.45, 2.75) is 75.5 Å². The van der Waals surface area contributed by atoms with Crippen LogP contribution < -0.4 is 4.40 Å². The molecule has 1 aliphatic rings. The second kappa shape index (κ2) is 17.1. The first-order chi connectivity index (χ1) is 27.9. The van der Waals surface area contributed by atoms with Crippen LogP contribution in [0.3, 0.4) is 0 Å². The molecule has 3 aromatic heterocycles. The largest absolute Gasteiger partial charge is 0.501 e. The first kappa shape index (κ1) is 30.4. The molecule has 8 rings (SSSR count). The quantitative estimate of drug-likeness (QED) is 0.118.